The molecule has 1 unspecified atom stereocenters. The second kappa shape index (κ2) is 7.72. The molecule has 2 amide bonds. The smallest absolute Gasteiger partial charge is 0.253 e. The molecule has 0 spiro atoms. The maximum absolute atomic E-state index is 12.6. The molecule has 0 aliphatic carbocycles. The van der Waals surface area contributed by atoms with Gasteiger partial charge in [-0.25, -0.2) is 4.98 Å². The average molecular weight is 351 g/mol. The summed E-state index contributed by atoms with van der Waals surface area (Å²) in [6, 6.07) is 14.7. The predicted octanol–water partition coefficient (Wildman–Crippen LogP) is 3.87. The molecule has 3 aromatic rings. The Morgan fingerprint density at radius 2 is 2.04 bits per heavy atom. The summed E-state index contributed by atoms with van der Waals surface area (Å²) < 4.78 is 0. The highest BCUT2D eigenvalue weighted by molar-refractivity contribution is 7.13. The lowest BCUT2D eigenvalue weighted by atomic mass is 10.0. The van der Waals surface area contributed by atoms with Gasteiger partial charge in [-0.1, -0.05) is 30.3 Å². The Hall–Kier alpha value is -2.99. The van der Waals surface area contributed by atoms with Crippen LogP contribution in [0.1, 0.15) is 28.9 Å². The van der Waals surface area contributed by atoms with Crippen LogP contribution in [0.25, 0.3) is 10.6 Å². The van der Waals surface area contributed by atoms with Crippen molar-refractivity contribution < 1.29 is 9.59 Å². The molecule has 1 atom stereocenters. The molecule has 0 saturated carbocycles. The van der Waals surface area contributed by atoms with Gasteiger partial charge in [0, 0.05) is 17.1 Å². The van der Waals surface area contributed by atoms with Gasteiger partial charge >= 0.3 is 0 Å². The van der Waals surface area contributed by atoms with Gasteiger partial charge in [0.05, 0.1) is 17.3 Å². The summed E-state index contributed by atoms with van der Waals surface area (Å²) in [4.78, 5) is 27.6. The topological polar surface area (TPSA) is 71.1 Å². The summed E-state index contributed by atoms with van der Waals surface area (Å²) in [6.45, 7) is 1.93. The number of hydrogen-bond donors (Lipinski definition) is 2. The Bertz CT molecular complexity index is 878. The lowest BCUT2D eigenvalue weighted by Crippen LogP contribution is -2.27. The van der Waals surface area contributed by atoms with E-state index in [-0.39, 0.29) is 11.9 Å². The molecule has 25 heavy (non-hydrogen) atoms. The van der Waals surface area contributed by atoms with Gasteiger partial charge in [-0.15, -0.1) is 11.3 Å². The second-order valence-electron chi connectivity index (χ2n) is 5.47. The first-order valence-corrected chi connectivity index (χ1v) is 8.67. The minimum Gasteiger partial charge on any atom is -0.345 e. The summed E-state index contributed by atoms with van der Waals surface area (Å²) >= 11 is 1.57. The highest BCUT2D eigenvalue weighted by Gasteiger charge is 2.15. The second-order valence-corrected chi connectivity index (χ2v) is 6.36. The third-order valence-electron chi connectivity index (χ3n) is 3.80. The number of benzene rings is 2. The van der Waals surface area contributed by atoms with Gasteiger partial charge in [0.25, 0.3) is 5.91 Å². The first-order valence-electron chi connectivity index (χ1n) is 7.79. The molecule has 3 rings (SSSR count). The molecule has 0 aliphatic rings. The number of amides is 2. The lowest BCUT2D eigenvalue weighted by Gasteiger charge is -2.16. The molecule has 2 N–H and O–H groups in total. The van der Waals surface area contributed by atoms with Crippen LogP contribution < -0.4 is 10.6 Å². The van der Waals surface area contributed by atoms with Crippen LogP contribution in [0.3, 0.4) is 0 Å². The minimum absolute atomic E-state index is 0.184. The number of carbonyl (C=O) groups is 2. The molecule has 126 valence electrons. The summed E-state index contributed by atoms with van der Waals surface area (Å²) in [5.74, 6) is -0.239. The van der Waals surface area contributed by atoms with Crippen molar-refractivity contribution in [1.82, 2.24) is 10.3 Å². The number of nitrogens with zero attached hydrogens (tertiary/aromatic N) is 1. The third-order valence-corrected chi connectivity index (χ3v) is 4.62. The number of thiazole rings is 1. The van der Waals surface area contributed by atoms with Crippen molar-refractivity contribution in [2.75, 3.05) is 5.32 Å². The van der Waals surface area contributed by atoms with E-state index in [9.17, 15) is 9.59 Å². The Balaban J connectivity index is 1.78. The lowest BCUT2D eigenvalue weighted by molar-refractivity contribution is -0.105. The van der Waals surface area contributed by atoms with E-state index in [1.807, 2.05) is 36.6 Å². The van der Waals surface area contributed by atoms with E-state index in [0.717, 1.165) is 16.1 Å². The fourth-order valence-electron chi connectivity index (χ4n) is 2.54. The number of anilines is 1. The third kappa shape index (κ3) is 3.92. The summed E-state index contributed by atoms with van der Waals surface area (Å²) in [5, 5.41) is 8.40. The summed E-state index contributed by atoms with van der Waals surface area (Å²) in [5.41, 5.74) is 2.93. The molecular formula is C19H17N3O2S. The molecule has 6 heteroatoms. The SMILES string of the molecule is CC(NC(=O)c1ccccc1NC=O)c1cccc(-c2nccs2)c1. The van der Waals surface area contributed by atoms with Crippen molar-refractivity contribution in [2.24, 2.45) is 0 Å². The molecule has 1 aromatic heterocycles. The number of nitrogens with one attached hydrogen (secondary N) is 2. The van der Waals surface area contributed by atoms with Crippen molar-refractivity contribution >= 4 is 29.3 Å². The first-order chi connectivity index (χ1) is 12.2. The van der Waals surface area contributed by atoms with Gasteiger partial charge in [0.15, 0.2) is 0 Å². The van der Waals surface area contributed by atoms with Gasteiger partial charge in [-0.05, 0) is 30.7 Å². The molecule has 0 saturated heterocycles. The van der Waals surface area contributed by atoms with Crippen LogP contribution in [0, 0.1) is 0 Å². The van der Waals surface area contributed by atoms with Crippen molar-refractivity contribution in [3.05, 3.63) is 71.2 Å². The van der Waals surface area contributed by atoms with Gasteiger partial charge in [0.2, 0.25) is 6.41 Å². The van der Waals surface area contributed by atoms with E-state index in [0.29, 0.717) is 17.7 Å². The normalized spacial score (nSPS) is 11.6. The summed E-state index contributed by atoms with van der Waals surface area (Å²) in [6.07, 6.45) is 2.34. The Morgan fingerprint density at radius 1 is 1.20 bits per heavy atom. The maximum atomic E-state index is 12.6. The summed E-state index contributed by atoms with van der Waals surface area (Å²) in [7, 11) is 0. The van der Waals surface area contributed by atoms with Crippen LogP contribution in [-0.2, 0) is 4.79 Å². The van der Waals surface area contributed by atoms with Crippen molar-refractivity contribution in [2.45, 2.75) is 13.0 Å². The minimum atomic E-state index is -0.239. The zero-order valence-electron chi connectivity index (χ0n) is 13.6. The Labute approximate surface area is 149 Å². The van der Waals surface area contributed by atoms with E-state index in [2.05, 4.69) is 15.6 Å². The Morgan fingerprint density at radius 3 is 2.80 bits per heavy atom. The zero-order chi connectivity index (χ0) is 17.6. The van der Waals surface area contributed by atoms with Gasteiger partial charge in [-0.3, -0.25) is 9.59 Å². The number of aromatic nitrogens is 1. The van der Waals surface area contributed by atoms with E-state index in [1.54, 1.807) is 41.8 Å². The molecule has 0 bridgehead atoms. The number of rotatable bonds is 6. The molecule has 1 heterocycles. The van der Waals surface area contributed by atoms with Crippen LogP contribution in [0.2, 0.25) is 0 Å². The van der Waals surface area contributed by atoms with Gasteiger partial charge in [0.1, 0.15) is 5.01 Å². The van der Waals surface area contributed by atoms with Crippen LogP contribution in [0.15, 0.2) is 60.1 Å². The van der Waals surface area contributed by atoms with E-state index in [4.69, 9.17) is 0 Å². The molecule has 5 nitrogen and oxygen atoms in total. The first kappa shape index (κ1) is 16.9. The number of carbonyl (C=O) groups excluding carboxylic acids is 2. The Kier molecular flexibility index (Phi) is 5.20. The van der Waals surface area contributed by atoms with Crippen molar-refractivity contribution in [3.8, 4) is 10.6 Å². The largest absolute Gasteiger partial charge is 0.345 e. The van der Waals surface area contributed by atoms with E-state index < -0.39 is 0 Å². The van der Waals surface area contributed by atoms with E-state index in [1.165, 1.54) is 0 Å². The fourth-order valence-corrected chi connectivity index (χ4v) is 3.17. The predicted molar refractivity (Wildman–Crippen MR) is 99.6 cm³/mol. The standard InChI is InChI=1S/C19H17N3O2S/c1-13(14-5-4-6-15(11-14)19-20-9-10-25-19)22-18(24)16-7-2-3-8-17(16)21-12-23/h2-13H,1H3,(H,21,23)(H,22,24). The zero-order valence-corrected chi connectivity index (χ0v) is 14.4. The van der Waals surface area contributed by atoms with Crippen molar-refractivity contribution in [3.63, 3.8) is 0 Å². The van der Waals surface area contributed by atoms with Gasteiger partial charge in [-0.2, -0.15) is 0 Å². The van der Waals surface area contributed by atoms with Crippen LogP contribution in [0.5, 0.6) is 0 Å². The molecule has 0 aliphatic heterocycles. The van der Waals surface area contributed by atoms with Crippen LogP contribution in [-0.4, -0.2) is 17.3 Å². The molecular weight excluding hydrogens is 334 g/mol. The number of para-hydroxylation sites is 1. The van der Waals surface area contributed by atoms with Gasteiger partial charge < -0.3 is 10.6 Å². The highest BCUT2D eigenvalue weighted by Crippen LogP contribution is 2.25. The molecule has 0 fully saturated rings. The molecule has 0 radical (unpaired) electrons. The van der Waals surface area contributed by atoms with Crippen molar-refractivity contribution in [1.29, 1.82) is 0 Å². The van der Waals surface area contributed by atoms with E-state index >= 15 is 0 Å². The average Bonchev–Trinajstić information content (AvgIpc) is 3.17. The monoisotopic (exact) mass is 351 g/mol. The van der Waals surface area contributed by atoms with Crippen LogP contribution in [0.4, 0.5) is 5.69 Å². The highest BCUT2D eigenvalue weighted by atomic mass is 32.1. The quantitative estimate of drug-likeness (QED) is 0.662. The number of hydrogen-bond acceptors (Lipinski definition) is 4. The maximum Gasteiger partial charge on any atom is 0.253 e. The fraction of sp³-hybridized carbons (Fsp3) is 0.105. The molecule has 2 aromatic carbocycles. The van der Waals surface area contributed by atoms with Crippen LogP contribution >= 0.6 is 11.3 Å².